The Hall–Kier alpha value is -3.74. The molecule has 0 unspecified atom stereocenters. The topological polar surface area (TPSA) is 117 Å². The summed E-state index contributed by atoms with van der Waals surface area (Å²) in [4.78, 5) is 39.3. The molecule has 1 N–H and O–H groups in total. The summed E-state index contributed by atoms with van der Waals surface area (Å²) in [7, 11) is 0. The van der Waals surface area contributed by atoms with E-state index in [4.69, 9.17) is 4.74 Å². The van der Waals surface area contributed by atoms with Crippen molar-refractivity contribution in [2.24, 2.45) is 5.92 Å². The number of fused-ring (bicyclic) bond motifs is 2. The molecule has 9 nitrogen and oxygen atoms in total. The van der Waals surface area contributed by atoms with Crippen molar-refractivity contribution in [1.82, 2.24) is 20.0 Å². The number of nitrogens with one attached hydrogen (secondary N) is 1. The average molecular weight is 510 g/mol. The Morgan fingerprint density at radius 3 is 2.57 bits per heavy atom. The number of rotatable bonds is 5. The molecule has 10 heteroatoms. The van der Waals surface area contributed by atoms with Gasteiger partial charge in [-0.2, -0.15) is 10.4 Å². The van der Waals surface area contributed by atoms with E-state index in [0.717, 1.165) is 19.3 Å². The smallest absolute Gasteiger partial charge is 0.411 e. The molecule has 5 atom stereocenters. The zero-order valence-corrected chi connectivity index (χ0v) is 21.7. The third-order valence-corrected chi connectivity index (χ3v) is 7.12. The number of piperidine rings is 1. The average Bonchev–Trinajstić information content (AvgIpc) is 3.57. The van der Waals surface area contributed by atoms with Crippen LogP contribution in [0.5, 0.6) is 0 Å². The van der Waals surface area contributed by atoms with Gasteiger partial charge in [0.25, 0.3) is 0 Å². The standard InChI is InChI=1S/C27H32FN5O4/c1-15(21-9-7-17(11-22(21)28)19-13-30-32(14-19)16(2)34)23(12-29)31-25(35)24-18-6-8-20(10-18)33(24)26(36)37-27(3,4)5/h7,9,11,13-15,18,20,23-24H,6,8,10H2,1-5H3,(H,31,35)/t15-,18+,20-,23-,24+/m1/s1. The summed E-state index contributed by atoms with van der Waals surface area (Å²) in [5.41, 5.74) is 0.690. The van der Waals surface area contributed by atoms with Crippen LogP contribution in [-0.2, 0) is 9.53 Å². The van der Waals surface area contributed by atoms with E-state index >= 15 is 4.39 Å². The largest absolute Gasteiger partial charge is 0.444 e. The molecule has 2 bridgehead atoms. The molecule has 0 radical (unpaired) electrons. The van der Waals surface area contributed by atoms with Crippen molar-refractivity contribution in [3.8, 4) is 17.2 Å². The minimum Gasteiger partial charge on any atom is -0.444 e. The number of benzene rings is 1. The van der Waals surface area contributed by atoms with Crippen LogP contribution in [0.2, 0.25) is 0 Å². The zero-order chi connectivity index (χ0) is 27.1. The molecule has 1 saturated carbocycles. The Balaban J connectivity index is 1.50. The lowest BCUT2D eigenvalue weighted by atomic mass is 9.91. The Bertz CT molecular complexity index is 1260. The van der Waals surface area contributed by atoms with Gasteiger partial charge in [0.2, 0.25) is 11.8 Å². The molecular formula is C27H32FN5O4. The number of aromatic nitrogens is 2. The van der Waals surface area contributed by atoms with Crippen molar-refractivity contribution in [2.45, 2.75) is 83.5 Å². The second-order valence-electron chi connectivity index (χ2n) is 10.9. The van der Waals surface area contributed by atoms with Gasteiger partial charge in [0, 0.05) is 30.6 Å². The van der Waals surface area contributed by atoms with E-state index in [1.165, 1.54) is 35.0 Å². The van der Waals surface area contributed by atoms with Crippen LogP contribution in [0.4, 0.5) is 9.18 Å². The van der Waals surface area contributed by atoms with Gasteiger partial charge in [-0.1, -0.05) is 19.1 Å². The number of carbonyl (C=O) groups excluding carboxylic acids is 3. The highest BCUT2D eigenvalue weighted by Crippen LogP contribution is 2.43. The second-order valence-corrected chi connectivity index (χ2v) is 10.9. The highest BCUT2D eigenvalue weighted by molar-refractivity contribution is 5.87. The van der Waals surface area contributed by atoms with E-state index < -0.39 is 41.4 Å². The molecule has 2 aromatic rings. The van der Waals surface area contributed by atoms with E-state index in [1.54, 1.807) is 39.8 Å². The molecule has 37 heavy (non-hydrogen) atoms. The fraction of sp³-hybridized carbons (Fsp3) is 0.519. The summed E-state index contributed by atoms with van der Waals surface area (Å²) in [6.45, 7) is 8.37. The van der Waals surface area contributed by atoms with E-state index in [-0.39, 0.29) is 23.4 Å². The van der Waals surface area contributed by atoms with Crippen molar-refractivity contribution in [3.05, 3.63) is 42.0 Å². The molecule has 1 aromatic carbocycles. The Morgan fingerprint density at radius 2 is 1.97 bits per heavy atom. The first kappa shape index (κ1) is 26.3. The highest BCUT2D eigenvalue weighted by Gasteiger charge is 2.52. The number of ether oxygens (including phenoxy) is 1. The van der Waals surface area contributed by atoms with Gasteiger partial charge < -0.3 is 10.1 Å². The lowest BCUT2D eigenvalue weighted by Gasteiger charge is -2.36. The molecule has 2 amide bonds. The van der Waals surface area contributed by atoms with Crippen molar-refractivity contribution >= 4 is 17.9 Å². The number of likely N-dealkylation sites (tertiary alicyclic amines) is 1. The normalized spacial score (nSPS) is 22.3. The molecular weight excluding hydrogens is 477 g/mol. The summed E-state index contributed by atoms with van der Waals surface area (Å²) in [6.07, 6.45) is 4.82. The fourth-order valence-corrected chi connectivity index (χ4v) is 5.31. The molecule has 196 valence electrons. The Kier molecular flexibility index (Phi) is 7.09. The molecule has 2 fully saturated rings. The number of nitriles is 1. The van der Waals surface area contributed by atoms with Crippen molar-refractivity contribution in [1.29, 1.82) is 5.26 Å². The zero-order valence-electron chi connectivity index (χ0n) is 21.7. The molecule has 1 aromatic heterocycles. The van der Waals surface area contributed by atoms with Crippen LogP contribution >= 0.6 is 0 Å². The van der Waals surface area contributed by atoms with Crippen LogP contribution in [0.3, 0.4) is 0 Å². The summed E-state index contributed by atoms with van der Waals surface area (Å²) >= 11 is 0. The van der Waals surface area contributed by atoms with Gasteiger partial charge >= 0.3 is 6.09 Å². The van der Waals surface area contributed by atoms with Gasteiger partial charge in [-0.25, -0.2) is 13.9 Å². The summed E-state index contributed by atoms with van der Waals surface area (Å²) in [6, 6.07) is 4.88. The van der Waals surface area contributed by atoms with Gasteiger partial charge in [0.05, 0.1) is 12.3 Å². The lowest BCUT2D eigenvalue weighted by molar-refractivity contribution is -0.128. The first-order chi connectivity index (χ1) is 17.4. The third-order valence-electron chi connectivity index (χ3n) is 7.12. The SMILES string of the molecule is CC(=O)n1cc(-c2ccc([C@@H](C)[C@@H](C#N)NC(=O)[C@@H]3[C@H]4CC[C@H](C4)N3C(=O)OC(C)(C)C)c(F)c2)cn1. The predicted octanol–water partition coefficient (Wildman–Crippen LogP) is 4.25. The molecule has 1 aliphatic heterocycles. The quantitative estimate of drug-likeness (QED) is 0.644. The van der Waals surface area contributed by atoms with Crippen molar-refractivity contribution in [2.75, 3.05) is 0 Å². The van der Waals surface area contributed by atoms with Crippen molar-refractivity contribution in [3.63, 3.8) is 0 Å². The molecule has 2 aliphatic rings. The minimum atomic E-state index is -1.01. The number of hydrogen-bond acceptors (Lipinski definition) is 6. The van der Waals surface area contributed by atoms with Crippen LogP contribution in [0.25, 0.3) is 11.1 Å². The summed E-state index contributed by atoms with van der Waals surface area (Å²) in [5, 5.41) is 16.6. The monoisotopic (exact) mass is 509 g/mol. The summed E-state index contributed by atoms with van der Waals surface area (Å²) < 4.78 is 21.9. The van der Waals surface area contributed by atoms with E-state index in [2.05, 4.69) is 16.5 Å². The van der Waals surface area contributed by atoms with Crippen LogP contribution in [0.15, 0.2) is 30.6 Å². The van der Waals surface area contributed by atoms with Crippen LogP contribution in [-0.4, -0.2) is 56.3 Å². The maximum Gasteiger partial charge on any atom is 0.411 e. The van der Waals surface area contributed by atoms with Gasteiger partial charge in [-0.15, -0.1) is 0 Å². The fourth-order valence-electron chi connectivity index (χ4n) is 5.31. The van der Waals surface area contributed by atoms with E-state index in [1.807, 2.05) is 0 Å². The molecule has 2 heterocycles. The van der Waals surface area contributed by atoms with Crippen LogP contribution < -0.4 is 5.32 Å². The predicted molar refractivity (Wildman–Crippen MR) is 133 cm³/mol. The minimum absolute atomic E-state index is 0.000828. The van der Waals surface area contributed by atoms with Gasteiger partial charge in [-0.3, -0.25) is 14.5 Å². The highest BCUT2D eigenvalue weighted by atomic mass is 19.1. The Labute approximate surface area is 215 Å². The molecule has 1 aliphatic carbocycles. The second kappa shape index (κ2) is 9.96. The molecule has 4 rings (SSSR count). The van der Waals surface area contributed by atoms with Gasteiger partial charge in [0.1, 0.15) is 23.5 Å². The number of amides is 2. The molecule has 0 spiro atoms. The maximum atomic E-state index is 15.1. The van der Waals surface area contributed by atoms with Gasteiger partial charge in [0.15, 0.2) is 0 Å². The first-order valence-corrected chi connectivity index (χ1v) is 12.5. The van der Waals surface area contributed by atoms with Crippen LogP contribution in [0.1, 0.15) is 70.2 Å². The van der Waals surface area contributed by atoms with E-state index in [9.17, 15) is 19.6 Å². The maximum absolute atomic E-state index is 15.1. The first-order valence-electron chi connectivity index (χ1n) is 12.5. The number of hydrogen-bond donors (Lipinski definition) is 1. The van der Waals surface area contributed by atoms with E-state index in [0.29, 0.717) is 11.1 Å². The number of halogens is 1. The third kappa shape index (κ3) is 5.36. The van der Waals surface area contributed by atoms with Gasteiger partial charge in [-0.05, 0) is 63.1 Å². The number of carbonyl (C=O) groups is 3. The summed E-state index contributed by atoms with van der Waals surface area (Å²) in [5.74, 6) is -1.88. The molecule has 1 saturated heterocycles. The number of nitrogens with zero attached hydrogens (tertiary/aromatic N) is 4. The Morgan fingerprint density at radius 1 is 1.24 bits per heavy atom. The van der Waals surface area contributed by atoms with Crippen LogP contribution in [0, 0.1) is 23.1 Å². The van der Waals surface area contributed by atoms with Crippen molar-refractivity contribution < 1.29 is 23.5 Å². The lowest BCUT2D eigenvalue weighted by Crippen LogP contribution is -2.55.